The van der Waals surface area contributed by atoms with Crippen molar-refractivity contribution in [1.29, 1.82) is 0 Å². The predicted octanol–water partition coefficient (Wildman–Crippen LogP) is 0.391. The number of carbonyl (C=O) groups excluding carboxylic acids is 1. The van der Waals surface area contributed by atoms with Gasteiger partial charge in [-0.05, 0) is 31.9 Å². The van der Waals surface area contributed by atoms with Crippen molar-refractivity contribution in [2.24, 2.45) is 0 Å². The van der Waals surface area contributed by atoms with Gasteiger partial charge in [0, 0.05) is 38.1 Å². The Kier molecular flexibility index (Phi) is 5.22. The highest BCUT2D eigenvalue weighted by molar-refractivity contribution is 5.92. The third-order valence-corrected chi connectivity index (χ3v) is 4.00. The van der Waals surface area contributed by atoms with Gasteiger partial charge in [0.15, 0.2) is 11.5 Å². The summed E-state index contributed by atoms with van der Waals surface area (Å²) in [7, 11) is 0. The Morgan fingerprint density at radius 2 is 2.28 bits per heavy atom. The third-order valence-electron chi connectivity index (χ3n) is 4.00. The Labute approximate surface area is 144 Å². The summed E-state index contributed by atoms with van der Waals surface area (Å²) in [5.74, 6) is 0.807. The quantitative estimate of drug-likeness (QED) is 0.719. The second-order valence-corrected chi connectivity index (χ2v) is 5.83. The average Bonchev–Trinajstić information content (AvgIpc) is 2.63. The molecule has 1 aliphatic heterocycles. The number of H-pyrrole nitrogens is 1. The lowest BCUT2D eigenvalue weighted by molar-refractivity contribution is 0.0950. The van der Waals surface area contributed by atoms with Crippen molar-refractivity contribution in [3.05, 3.63) is 40.6 Å². The normalized spacial score (nSPS) is 17.2. The number of amides is 1. The van der Waals surface area contributed by atoms with Crippen LogP contribution in [0.5, 0.6) is 0 Å². The van der Waals surface area contributed by atoms with Crippen molar-refractivity contribution < 1.29 is 4.79 Å². The van der Waals surface area contributed by atoms with Gasteiger partial charge in [-0.1, -0.05) is 0 Å². The van der Waals surface area contributed by atoms with Gasteiger partial charge < -0.3 is 20.5 Å². The number of hydrogen-bond acceptors (Lipinski definition) is 7. The summed E-state index contributed by atoms with van der Waals surface area (Å²) in [4.78, 5) is 32.4. The standard InChI is InChI=1S/C16H21N7O2/c1-2-17-15(24)12-5-6-13(22-21-12)20-11-4-3-9-23(10-11)14-16(25)19-8-7-18-14/h5-8,11H,2-4,9-10H2,1H3,(H,17,24)(H,19,25)(H,20,22)/t11-/m0/s1. The molecule has 1 amide bonds. The number of rotatable bonds is 5. The molecule has 3 N–H and O–H groups in total. The topological polar surface area (TPSA) is 116 Å². The Balaban J connectivity index is 1.64. The summed E-state index contributed by atoms with van der Waals surface area (Å²) in [6.07, 6.45) is 5.01. The second-order valence-electron chi connectivity index (χ2n) is 5.83. The minimum Gasteiger partial charge on any atom is -0.364 e. The lowest BCUT2D eigenvalue weighted by atomic mass is 10.1. The van der Waals surface area contributed by atoms with E-state index < -0.39 is 0 Å². The van der Waals surface area contributed by atoms with Gasteiger partial charge in [0.05, 0.1) is 0 Å². The van der Waals surface area contributed by atoms with Gasteiger partial charge in [-0.2, -0.15) is 0 Å². The van der Waals surface area contributed by atoms with E-state index in [2.05, 4.69) is 30.8 Å². The molecule has 0 saturated carbocycles. The highest BCUT2D eigenvalue weighted by Crippen LogP contribution is 2.17. The van der Waals surface area contributed by atoms with Gasteiger partial charge in [-0.3, -0.25) is 9.59 Å². The van der Waals surface area contributed by atoms with Gasteiger partial charge >= 0.3 is 0 Å². The molecule has 2 aromatic rings. The fraction of sp³-hybridized carbons (Fsp3) is 0.438. The molecule has 3 rings (SSSR count). The van der Waals surface area contributed by atoms with E-state index in [1.54, 1.807) is 18.3 Å². The zero-order valence-corrected chi connectivity index (χ0v) is 14.0. The van der Waals surface area contributed by atoms with Crippen LogP contribution in [-0.4, -0.2) is 51.7 Å². The summed E-state index contributed by atoms with van der Waals surface area (Å²) >= 11 is 0. The highest BCUT2D eigenvalue weighted by Gasteiger charge is 2.23. The van der Waals surface area contributed by atoms with Crippen LogP contribution in [0.15, 0.2) is 29.3 Å². The minimum absolute atomic E-state index is 0.125. The van der Waals surface area contributed by atoms with Crippen molar-refractivity contribution in [2.75, 3.05) is 29.9 Å². The van der Waals surface area contributed by atoms with Crippen LogP contribution in [0.25, 0.3) is 0 Å². The Hall–Kier alpha value is -2.97. The van der Waals surface area contributed by atoms with Gasteiger partial charge in [0.25, 0.3) is 11.5 Å². The summed E-state index contributed by atoms with van der Waals surface area (Å²) in [5.41, 5.74) is 0.104. The van der Waals surface area contributed by atoms with E-state index in [1.165, 1.54) is 6.20 Å². The van der Waals surface area contributed by atoms with Crippen LogP contribution in [0.4, 0.5) is 11.6 Å². The van der Waals surface area contributed by atoms with Crippen LogP contribution in [-0.2, 0) is 0 Å². The van der Waals surface area contributed by atoms with Crippen molar-refractivity contribution in [3.63, 3.8) is 0 Å². The Bertz CT molecular complexity index is 775. The van der Waals surface area contributed by atoms with Crippen molar-refractivity contribution >= 4 is 17.5 Å². The first-order valence-corrected chi connectivity index (χ1v) is 8.34. The number of hydrogen-bond donors (Lipinski definition) is 3. The minimum atomic E-state index is -0.236. The van der Waals surface area contributed by atoms with Crippen molar-refractivity contribution in [3.8, 4) is 0 Å². The molecule has 25 heavy (non-hydrogen) atoms. The molecule has 3 heterocycles. The van der Waals surface area contributed by atoms with Crippen molar-refractivity contribution in [2.45, 2.75) is 25.8 Å². The van der Waals surface area contributed by atoms with E-state index >= 15 is 0 Å². The van der Waals surface area contributed by atoms with E-state index in [0.717, 1.165) is 19.4 Å². The van der Waals surface area contributed by atoms with Crippen LogP contribution in [0.2, 0.25) is 0 Å². The van der Waals surface area contributed by atoms with E-state index in [1.807, 2.05) is 11.8 Å². The number of nitrogens with zero attached hydrogens (tertiary/aromatic N) is 4. The SMILES string of the molecule is CCNC(=O)c1ccc(N[C@H]2CCCN(c3ncc[nH]c3=O)C2)nn1. The molecule has 0 spiro atoms. The maximum atomic E-state index is 11.9. The molecule has 9 nitrogen and oxygen atoms in total. The summed E-state index contributed by atoms with van der Waals surface area (Å²) in [6.45, 7) is 3.84. The van der Waals surface area contributed by atoms with Gasteiger partial charge in [-0.15, -0.1) is 10.2 Å². The highest BCUT2D eigenvalue weighted by atomic mass is 16.2. The smallest absolute Gasteiger partial charge is 0.290 e. The lowest BCUT2D eigenvalue weighted by Crippen LogP contribution is -2.44. The fourth-order valence-corrected chi connectivity index (χ4v) is 2.85. The molecular formula is C16H21N7O2. The largest absolute Gasteiger partial charge is 0.364 e. The third kappa shape index (κ3) is 4.11. The number of piperidine rings is 1. The van der Waals surface area contributed by atoms with Crippen molar-refractivity contribution in [1.82, 2.24) is 25.5 Å². The predicted molar refractivity (Wildman–Crippen MR) is 93.8 cm³/mol. The molecule has 0 aliphatic carbocycles. The molecule has 2 aromatic heterocycles. The zero-order chi connectivity index (χ0) is 17.6. The first kappa shape index (κ1) is 16.9. The Morgan fingerprint density at radius 3 is 3.00 bits per heavy atom. The lowest BCUT2D eigenvalue weighted by Gasteiger charge is -2.33. The molecule has 0 radical (unpaired) electrons. The monoisotopic (exact) mass is 343 g/mol. The van der Waals surface area contributed by atoms with Gasteiger partial charge in [0.1, 0.15) is 5.82 Å². The first-order chi connectivity index (χ1) is 12.2. The van der Waals surface area contributed by atoms with Crippen LogP contribution in [0.3, 0.4) is 0 Å². The maximum absolute atomic E-state index is 11.9. The average molecular weight is 343 g/mol. The molecular weight excluding hydrogens is 322 g/mol. The first-order valence-electron chi connectivity index (χ1n) is 8.34. The summed E-state index contributed by atoms with van der Waals surface area (Å²) in [5, 5.41) is 14.0. The maximum Gasteiger partial charge on any atom is 0.290 e. The number of nitrogens with one attached hydrogen (secondary N) is 3. The van der Waals surface area contributed by atoms with Crippen LogP contribution in [0, 0.1) is 0 Å². The van der Waals surface area contributed by atoms with E-state index in [4.69, 9.17) is 0 Å². The Morgan fingerprint density at radius 1 is 1.40 bits per heavy atom. The molecule has 1 fully saturated rings. The molecule has 0 aromatic carbocycles. The summed E-state index contributed by atoms with van der Waals surface area (Å²) < 4.78 is 0. The van der Waals surface area contributed by atoms with Crippen LogP contribution >= 0.6 is 0 Å². The molecule has 1 aliphatic rings. The molecule has 0 bridgehead atoms. The van der Waals surface area contributed by atoms with Crippen LogP contribution in [0.1, 0.15) is 30.3 Å². The van der Waals surface area contributed by atoms with Crippen LogP contribution < -0.4 is 21.1 Å². The number of anilines is 2. The number of aromatic nitrogens is 4. The van der Waals surface area contributed by atoms with E-state index in [0.29, 0.717) is 24.7 Å². The molecule has 1 atom stereocenters. The molecule has 1 saturated heterocycles. The second kappa shape index (κ2) is 7.73. The van der Waals surface area contributed by atoms with E-state index in [9.17, 15) is 9.59 Å². The van der Waals surface area contributed by atoms with Gasteiger partial charge in [0.2, 0.25) is 0 Å². The molecule has 0 unspecified atom stereocenters. The number of carbonyl (C=O) groups is 1. The number of aromatic amines is 1. The fourth-order valence-electron chi connectivity index (χ4n) is 2.85. The molecule has 132 valence electrons. The summed E-state index contributed by atoms with van der Waals surface area (Å²) in [6, 6.07) is 3.51. The van der Waals surface area contributed by atoms with E-state index in [-0.39, 0.29) is 23.2 Å². The van der Waals surface area contributed by atoms with Gasteiger partial charge in [-0.25, -0.2) is 4.98 Å². The zero-order valence-electron chi connectivity index (χ0n) is 14.0. The molecule has 9 heteroatoms.